The molecule has 0 unspecified atom stereocenters. The second-order valence-corrected chi connectivity index (χ2v) is 31.2. The second-order valence-electron chi connectivity index (χ2n) is 24.3. The van der Waals surface area contributed by atoms with Crippen molar-refractivity contribution in [3.05, 3.63) is 321 Å². The predicted octanol–water partition coefficient (Wildman–Crippen LogP) is 14.4. The molecule has 16 rings (SSSR count). The van der Waals surface area contributed by atoms with E-state index in [0.717, 1.165) is 0 Å². The zero-order valence-electron chi connectivity index (χ0n) is 48.9. The topological polar surface area (TPSA) is 8.17 Å². The van der Waals surface area contributed by atoms with Crippen molar-refractivity contribution in [3.8, 4) is 50.2 Å². The molecule has 0 spiro atoms. The Balaban J connectivity index is 1.02. The number of benzene rings is 13. The molecule has 0 saturated heterocycles. The Hall–Kier alpha value is -9.47. The van der Waals surface area contributed by atoms with Crippen LogP contribution in [0, 0.1) is 0 Å². The predicted molar refractivity (Wildman–Crippen MR) is 376 cm³/mol. The third-order valence-electron chi connectivity index (χ3n) is 18.3. The molecular weight excluding hydrogens is 1180 g/mol. The van der Waals surface area contributed by atoms with Crippen LogP contribution in [-0.2, 0) is 5.41 Å². The Labute approximate surface area is 521 Å². The molecule has 0 aliphatic carbocycles. The van der Waals surface area contributed by atoms with Gasteiger partial charge in [-0.1, -0.05) is 18.2 Å². The number of rotatable bonds is 10. The average Bonchev–Trinajstić information content (AvgIpc) is 1.56. The van der Waals surface area contributed by atoms with Gasteiger partial charge in [0.25, 0.3) is 0 Å². The number of anilines is 3. The first kappa shape index (κ1) is 53.0. The molecule has 0 radical (unpaired) electrons. The number of para-hydroxylation sites is 1. The summed E-state index contributed by atoms with van der Waals surface area (Å²) < 4.78 is 5.59. The first-order chi connectivity index (χ1) is 42.8. The number of aromatic nitrogens is 1. The van der Waals surface area contributed by atoms with Crippen molar-refractivity contribution in [1.29, 1.82) is 0 Å². The van der Waals surface area contributed by atoms with E-state index in [0.29, 0.717) is 0 Å². The molecule has 1 aromatic heterocycles. The summed E-state index contributed by atoms with van der Waals surface area (Å²) in [5.74, 6) is 0. The van der Waals surface area contributed by atoms with Crippen LogP contribution in [0.4, 0.5) is 17.1 Å². The summed E-state index contributed by atoms with van der Waals surface area (Å²) in [5, 5.41) is 8.01. The van der Waals surface area contributed by atoms with E-state index in [-0.39, 0.29) is 12.1 Å². The molecule has 5 heteroatoms. The van der Waals surface area contributed by atoms with Crippen LogP contribution in [0.2, 0.25) is 0 Å². The third kappa shape index (κ3) is 8.90. The van der Waals surface area contributed by atoms with E-state index in [4.69, 9.17) is 0 Å². The Kier molecular flexibility index (Phi) is 13.1. The molecule has 13 aromatic carbocycles. The van der Waals surface area contributed by atoms with Gasteiger partial charge in [-0.3, -0.25) is 0 Å². The molecule has 87 heavy (non-hydrogen) atoms. The van der Waals surface area contributed by atoms with Crippen molar-refractivity contribution in [1.82, 2.24) is 4.57 Å². The first-order valence-electron chi connectivity index (χ1n) is 30.3. The summed E-state index contributed by atoms with van der Waals surface area (Å²) in [7, 11) is -2.90. The Morgan fingerprint density at radius 2 is 0.816 bits per heavy atom. The SMILES string of the molecule is CC(C)(C)c1ccc2c(c1)c1cc([Si](c3ccccc3)(c3ccccc3)c3ccccc3)ccc1n2-c1cc2c3c(c1)N(c1c(-c4ccccc4)cccc1-c1ccccc1)c1ccc(-c4ccccc4)cc1B3c1cc(-c3ccccc3)ccc1[Te]2. The van der Waals surface area contributed by atoms with Gasteiger partial charge in [-0.2, -0.15) is 0 Å². The molecule has 2 aliphatic rings. The zero-order valence-corrected chi connectivity index (χ0v) is 52.2. The zero-order chi connectivity index (χ0) is 58.2. The molecular formula is C82H61BN2SiTe. The standard InChI is InChI=1S/C82H61BN2SiTe/c1-82(2,3)62-44-47-74-70(52-62)71-55-67(86(64-34-19-8-20-35-64,65-36-21-9-22-37-65)66-38-23-10-24-39-66)45-48-75(71)84(74)63-53-77-80-79(54-63)87-78-49-43-61(57-28-13-5-14-29-57)51-73(78)83(80)72-50-60(56-26-11-4-12-27-56)42-46-76(72)85(77)81-68(58-30-15-6-16-31-58)40-25-41-69(81)59-32-17-7-18-33-59/h4-55H,1-3H3. The van der Waals surface area contributed by atoms with Crippen molar-refractivity contribution >= 4 is 119 Å². The van der Waals surface area contributed by atoms with E-state index in [1.807, 2.05) is 0 Å². The van der Waals surface area contributed by atoms with Gasteiger partial charge >= 0.3 is 508 Å². The van der Waals surface area contributed by atoms with Gasteiger partial charge in [0.1, 0.15) is 0 Å². The first-order valence-corrected chi connectivity index (χ1v) is 34.7. The fraction of sp³-hybridized carbons (Fsp3) is 0.0488. The van der Waals surface area contributed by atoms with Gasteiger partial charge in [-0.25, -0.2) is 0 Å². The summed E-state index contributed by atoms with van der Waals surface area (Å²) in [6.45, 7) is 7.01. The van der Waals surface area contributed by atoms with Crippen molar-refractivity contribution < 1.29 is 0 Å². The van der Waals surface area contributed by atoms with Crippen LogP contribution >= 0.6 is 0 Å². The van der Waals surface area contributed by atoms with Crippen LogP contribution in [0.15, 0.2) is 315 Å². The number of hydrogen-bond donors (Lipinski definition) is 0. The van der Waals surface area contributed by atoms with E-state index in [2.05, 4.69) is 346 Å². The fourth-order valence-electron chi connectivity index (χ4n) is 14.3. The van der Waals surface area contributed by atoms with E-state index in [1.54, 1.807) is 0 Å². The molecule has 0 bridgehead atoms. The van der Waals surface area contributed by atoms with E-state index < -0.39 is 29.0 Å². The van der Waals surface area contributed by atoms with Crippen LogP contribution in [0.3, 0.4) is 0 Å². The van der Waals surface area contributed by atoms with Gasteiger partial charge in [0.2, 0.25) is 0 Å². The summed E-state index contributed by atoms with van der Waals surface area (Å²) in [6.07, 6.45) is 0. The normalized spacial score (nSPS) is 12.7. The molecule has 0 saturated carbocycles. The molecule has 2 nitrogen and oxygen atoms in total. The quantitative estimate of drug-likeness (QED) is 0.0979. The summed E-state index contributed by atoms with van der Waals surface area (Å²) in [6, 6.07) is 120. The molecule has 412 valence electrons. The second kappa shape index (κ2) is 21.5. The molecule has 2 aliphatic heterocycles. The van der Waals surface area contributed by atoms with Crippen molar-refractivity contribution in [2.45, 2.75) is 26.2 Å². The van der Waals surface area contributed by atoms with Crippen LogP contribution in [0.1, 0.15) is 26.3 Å². The molecule has 0 atom stereocenters. The van der Waals surface area contributed by atoms with Crippen LogP contribution in [-0.4, -0.2) is 40.3 Å². The molecule has 3 heterocycles. The van der Waals surface area contributed by atoms with E-state index in [1.165, 1.54) is 139 Å². The van der Waals surface area contributed by atoms with E-state index >= 15 is 0 Å². The van der Waals surface area contributed by atoms with Crippen molar-refractivity contribution in [2.24, 2.45) is 0 Å². The number of hydrogen-bond acceptors (Lipinski definition) is 1. The van der Waals surface area contributed by atoms with Gasteiger partial charge in [0.15, 0.2) is 0 Å². The van der Waals surface area contributed by atoms with Crippen LogP contribution in [0.25, 0.3) is 72.0 Å². The maximum absolute atomic E-state index is 2.90. The van der Waals surface area contributed by atoms with E-state index in [9.17, 15) is 0 Å². The van der Waals surface area contributed by atoms with Gasteiger partial charge in [0, 0.05) is 0 Å². The van der Waals surface area contributed by atoms with Gasteiger partial charge in [-0.05, 0) is 0 Å². The fourth-order valence-corrected chi connectivity index (χ4v) is 22.4. The van der Waals surface area contributed by atoms with Crippen LogP contribution < -0.4 is 49.3 Å². The summed E-state index contributed by atoms with van der Waals surface area (Å²) >= 11 is -0.969. The Morgan fingerprint density at radius 1 is 0.345 bits per heavy atom. The van der Waals surface area contributed by atoms with Crippen molar-refractivity contribution in [2.75, 3.05) is 4.90 Å². The average molecular weight is 1240 g/mol. The molecule has 0 N–H and O–H groups in total. The summed E-state index contributed by atoms with van der Waals surface area (Å²) in [4.78, 5) is 2.69. The van der Waals surface area contributed by atoms with Gasteiger partial charge in [0.05, 0.1) is 0 Å². The molecule has 0 fully saturated rings. The number of fused-ring (bicyclic) bond motifs is 7. The minimum atomic E-state index is -2.90. The number of nitrogens with zero attached hydrogens (tertiary/aromatic N) is 2. The molecule has 0 amide bonds. The Bertz CT molecular complexity index is 4760. The maximum atomic E-state index is 2.69. The summed E-state index contributed by atoms with van der Waals surface area (Å²) in [5.41, 5.74) is 22.3. The van der Waals surface area contributed by atoms with Gasteiger partial charge in [-0.15, -0.1) is 0 Å². The third-order valence-corrected chi connectivity index (χ3v) is 26.4. The van der Waals surface area contributed by atoms with Crippen molar-refractivity contribution in [3.63, 3.8) is 0 Å². The molecule has 14 aromatic rings. The van der Waals surface area contributed by atoms with Crippen LogP contribution in [0.5, 0.6) is 0 Å². The van der Waals surface area contributed by atoms with Gasteiger partial charge < -0.3 is 0 Å². The minimum absolute atomic E-state index is 0.0253. The monoisotopic (exact) mass is 1240 g/mol. The Morgan fingerprint density at radius 3 is 1.34 bits per heavy atom.